The van der Waals surface area contributed by atoms with Crippen LogP contribution in [0.5, 0.6) is 0 Å². The molecule has 0 atom stereocenters. The minimum atomic E-state index is 0.0617. The molecular formula is C13H15N3O. The minimum absolute atomic E-state index is 0.0617. The zero-order valence-corrected chi connectivity index (χ0v) is 9.81. The maximum atomic E-state index is 11.7. The van der Waals surface area contributed by atoms with Crippen LogP contribution in [-0.2, 0) is 6.54 Å². The Bertz CT molecular complexity index is 596. The number of aromatic nitrogens is 2. The summed E-state index contributed by atoms with van der Waals surface area (Å²) in [5.41, 5.74) is 9.08. The molecule has 4 nitrogen and oxygen atoms in total. The Kier molecular flexibility index (Phi) is 2.26. The van der Waals surface area contributed by atoms with Crippen molar-refractivity contribution >= 4 is 11.4 Å². The van der Waals surface area contributed by atoms with Crippen LogP contribution < -0.4 is 5.73 Å². The van der Waals surface area contributed by atoms with Crippen molar-refractivity contribution in [2.75, 3.05) is 0 Å². The van der Waals surface area contributed by atoms with Gasteiger partial charge in [0.1, 0.15) is 5.65 Å². The van der Waals surface area contributed by atoms with Crippen LogP contribution in [0.2, 0.25) is 0 Å². The van der Waals surface area contributed by atoms with Crippen LogP contribution in [0, 0.1) is 0 Å². The summed E-state index contributed by atoms with van der Waals surface area (Å²) < 4.78 is 1.94. The molecule has 2 heterocycles. The zero-order valence-electron chi connectivity index (χ0n) is 9.81. The highest BCUT2D eigenvalue weighted by Gasteiger charge is 2.25. The van der Waals surface area contributed by atoms with Crippen LogP contribution in [0.15, 0.2) is 18.5 Å². The molecule has 0 amide bonds. The molecule has 0 aromatic carbocycles. The second kappa shape index (κ2) is 3.67. The number of nitrogens with zero attached hydrogens (tertiary/aromatic N) is 2. The van der Waals surface area contributed by atoms with Crippen molar-refractivity contribution in [3.8, 4) is 0 Å². The molecule has 3 rings (SSSR count). The Hall–Kier alpha value is -1.68. The lowest BCUT2D eigenvalue weighted by atomic mass is 10.1. The van der Waals surface area contributed by atoms with Crippen LogP contribution in [-0.4, -0.2) is 15.2 Å². The van der Waals surface area contributed by atoms with Gasteiger partial charge in [-0.25, -0.2) is 4.98 Å². The molecule has 1 saturated carbocycles. The van der Waals surface area contributed by atoms with Crippen molar-refractivity contribution in [3.63, 3.8) is 0 Å². The van der Waals surface area contributed by atoms with Crippen molar-refractivity contribution in [1.29, 1.82) is 0 Å². The van der Waals surface area contributed by atoms with Crippen LogP contribution in [0.1, 0.15) is 47.3 Å². The Morgan fingerprint density at radius 3 is 2.88 bits per heavy atom. The maximum absolute atomic E-state index is 11.7. The van der Waals surface area contributed by atoms with Gasteiger partial charge in [0.2, 0.25) is 0 Å². The summed E-state index contributed by atoms with van der Waals surface area (Å²) in [6.45, 7) is 1.99. The molecule has 0 unspecified atom stereocenters. The molecular weight excluding hydrogens is 214 g/mol. The molecule has 17 heavy (non-hydrogen) atoms. The van der Waals surface area contributed by atoms with Gasteiger partial charge in [-0.3, -0.25) is 4.79 Å². The van der Waals surface area contributed by atoms with E-state index in [2.05, 4.69) is 11.2 Å². The van der Waals surface area contributed by atoms with E-state index in [9.17, 15) is 4.79 Å². The van der Waals surface area contributed by atoms with E-state index in [4.69, 9.17) is 5.73 Å². The number of fused-ring (bicyclic) bond motifs is 1. The summed E-state index contributed by atoms with van der Waals surface area (Å²) in [4.78, 5) is 16.1. The predicted octanol–water partition coefficient (Wildman–Crippen LogP) is 1.87. The third-order valence-corrected chi connectivity index (χ3v) is 3.26. The molecule has 0 aliphatic heterocycles. The highest BCUT2D eigenvalue weighted by molar-refractivity contribution is 6.00. The van der Waals surface area contributed by atoms with E-state index in [1.54, 1.807) is 6.92 Å². The lowest BCUT2D eigenvalue weighted by molar-refractivity contribution is 0.101. The number of ketones is 1. The molecule has 2 N–H and O–H groups in total. The van der Waals surface area contributed by atoms with Gasteiger partial charge in [-0.2, -0.15) is 0 Å². The standard InChI is InChI=1S/C13H15N3O/c1-8(17)12-4-10(9-2-3-9)6-16-7-11(5-14)15-13(12)16/h4,6-7,9H,2-3,5,14H2,1H3. The SMILES string of the molecule is CC(=O)c1cc(C2CC2)cn2cc(CN)nc12. The average molecular weight is 229 g/mol. The van der Waals surface area contributed by atoms with Crippen molar-refractivity contribution in [2.45, 2.75) is 32.2 Å². The van der Waals surface area contributed by atoms with E-state index in [1.807, 2.05) is 16.7 Å². The lowest BCUT2D eigenvalue weighted by Crippen LogP contribution is -2.00. The molecule has 1 fully saturated rings. The Morgan fingerprint density at radius 2 is 2.29 bits per heavy atom. The Labute approximate surface area is 99.5 Å². The number of carbonyl (C=O) groups excluding carboxylic acids is 1. The summed E-state index contributed by atoms with van der Waals surface area (Å²) >= 11 is 0. The fraction of sp³-hybridized carbons (Fsp3) is 0.385. The van der Waals surface area contributed by atoms with Crippen LogP contribution in [0.3, 0.4) is 0 Å². The number of carbonyl (C=O) groups is 1. The summed E-state index contributed by atoms with van der Waals surface area (Å²) in [5, 5.41) is 0. The van der Waals surface area contributed by atoms with E-state index in [-0.39, 0.29) is 5.78 Å². The molecule has 0 bridgehead atoms. The number of hydrogen-bond donors (Lipinski definition) is 1. The van der Waals surface area contributed by atoms with E-state index >= 15 is 0 Å². The summed E-state index contributed by atoms with van der Waals surface area (Å²) in [6.07, 6.45) is 6.43. The molecule has 0 radical (unpaired) electrons. The Morgan fingerprint density at radius 1 is 1.53 bits per heavy atom. The molecule has 2 aromatic rings. The molecule has 1 aliphatic rings. The fourth-order valence-electron chi connectivity index (χ4n) is 2.17. The minimum Gasteiger partial charge on any atom is -0.325 e. The van der Waals surface area contributed by atoms with E-state index in [0.29, 0.717) is 18.0 Å². The largest absolute Gasteiger partial charge is 0.325 e. The van der Waals surface area contributed by atoms with Gasteiger partial charge in [0.25, 0.3) is 0 Å². The summed E-state index contributed by atoms with van der Waals surface area (Å²) in [6, 6.07) is 1.99. The Balaban J connectivity index is 2.25. The van der Waals surface area contributed by atoms with E-state index < -0.39 is 0 Å². The molecule has 0 saturated heterocycles. The smallest absolute Gasteiger partial charge is 0.163 e. The first-order valence-electron chi connectivity index (χ1n) is 5.91. The van der Waals surface area contributed by atoms with E-state index in [1.165, 1.54) is 18.4 Å². The molecule has 0 spiro atoms. The van der Waals surface area contributed by atoms with Gasteiger partial charge in [0.05, 0.1) is 11.3 Å². The highest BCUT2D eigenvalue weighted by Crippen LogP contribution is 2.40. The van der Waals surface area contributed by atoms with Gasteiger partial charge in [-0.1, -0.05) is 0 Å². The number of nitrogens with two attached hydrogens (primary N) is 1. The van der Waals surface area contributed by atoms with Crippen molar-refractivity contribution in [2.24, 2.45) is 5.73 Å². The second-order valence-electron chi connectivity index (χ2n) is 4.68. The zero-order chi connectivity index (χ0) is 12.0. The number of hydrogen-bond acceptors (Lipinski definition) is 3. The average Bonchev–Trinajstić information content (AvgIpc) is 3.07. The first kappa shape index (κ1) is 10.5. The third kappa shape index (κ3) is 1.74. The van der Waals surface area contributed by atoms with Gasteiger partial charge < -0.3 is 10.1 Å². The first-order valence-corrected chi connectivity index (χ1v) is 5.91. The predicted molar refractivity (Wildman–Crippen MR) is 65.1 cm³/mol. The normalized spacial score (nSPS) is 15.4. The van der Waals surface area contributed by atoms with Gasteiger partial charge >= 0.3 is 0 Å². The number of rotatable bonds is 3. The maximum Gasteiger partial charge on any atom is 0.163 e. The lowest BCUT2D eigenvalue weighted by Gasteiger charge is -2.04. The van der Waals surface area contributed by atoms with Crippen molar-refractivity contribution < 1.29 is 4.79 Å². The topological polar surface area (TPSA) is 60.4 Å². The number of imidazole rings is 1. The number of Topliss-reactive ketones (excluding diaryl/α,β-unsaturated/α-hetero) is 1. The van der Waals surface area contributed by atoms with Crippen LogP contribution in [0.25, 0.3) is 5.65 Å². The van der Waals surface area contributed by atoms with Gasteiger partial charge in [0, 0.05) is 18.9 Å². The summed E-state index contributed by atoms with van der Waals surface area (Å²) in [5.74, 6) is 0.688. The molecule has 1 aliphatic carbocycles. The summed E-state index contributed by atoms with van der Waals surface area (Å²) in [7, 11) is 0. The molecule has 2 aromatic heterocycles. The molecule has 88 valence electrons. The quantitative estimate of drug-likeness (QED) is 0.817. The third-order valence-electron chi connectivity index (χ3n) is 3.26. The second-order valence-corrected chi connectivity index (χ2v) is 4.68. The monoisotopic (exact) mass is 229 g/mol. The molecule has 4 heteroatoms. The van der Waals surface area contributed by atoms with Crippen molar-refractivity contribution in [3.05, 3.63) is 35.3 Å². The van der Waals surface area contributed by atoms with Gasteiger partial charge in [0.15, 0.2) is 5.78 Å². The van der Waals surface area contributed by atoms with Gasteiger partial charge in [-0.15, -0.1) is 0 Å². The van der Waals surface area contributed by atoms with Gasteiger partial charge in [-0.05, 0) is 37.3 Å². The number of pyridine rings is 1. The fourth-order valence-corrected chi connectivity index (χ4v) is 2.17. The van der Waals surface area contributed by atoms with E-state index in [0.717, 1.165) is 11.3 Å². The first-order chi connectivity index (χ1) is 8.19. The van der Waals surface area contributed by atoms with Crippen LogP contribution in [0.4, 0.5) is 0 Å². The van der Waals surface area contributed by atoms with Crippen molar-refractivity contribution in [1.82, 2.24) is 9.38 Å². The highest BCUT2D eigenvalue weighted by atomic mass is 16.1. The van der Waals surface area contributed by atoms with Crippen LogP contribution >= 0.6 is 0 Å².